The molecular weight excluding hydrogens is 240 g/mol. The zero-order valence-corrected chi connectivity index (χ0v) is 10.7. The first-order valence-electron chi connectivity index (χ1n) is 5.93. The third kappa shape index (κ3) is 1.13. The Labute approximate surface area is 109 Å². The van der Waals surface area contributed by atoms with E-state index >= 15 is 0 Å². The van der Waals surface area contributed by atoms with Gasteiger partial charge >= 0.3 is 0 Å². The number of ketones is 1. The Balaban J connectivity index is 2.14. The van der Waals surface area contributed by atoms with E-state index in [0.717, 1.165) is 32.5 Å². The number of fused-ring (bicyclic) bond motifs is 5. The minimum atomic E-state index is 0.182. The molecule has 0 aliphatic heterocycles. The van der Waals surface area contributed by atoms with E-state index in [2.05, 4.69) is 18.2 Å². The number of benzene rings is 2. The molecule has 0 unspecified atom stereocenters. The summed E-state index contributed by atoms with van der Waals surface area (Å²) in [6.45, 7) is 2.03. The van der Waals surface area contributed by atoms with E-state index in [1.165, 1.54) is 4.70 Å². The van der Waals surface area contributed by atoms with Crippen LogP contribution in [0.3, 0.4) is 0 Å². The topological polar surface area (TPSA) is 17.1 Å². The first-order valence-corrected chi connectivity index (χ1v) is 6.74. The van der Waals surface area contributed by atoms with Gasteiger partial charge in [0.2, 0.25) is 0 Å². The van der Waals surface area contributed by atoms with Crippen molar-refractivity contribution in [3.8, 4) is 10.4 Å². The number of thiophene rings is 1. The predicted molar refractivity (Wildman–Crippen MR) is 75.4 cm³/mol. The predicted octanol–water partition coefficient (Wildman–Crippen LogP) is 4.42. The monoisotopic (exact) mass is 250 g/mol. The largest absolute Gasteiger partial charge is 0.289 e. The van der Waals surface area contributed by atoms with Gasteiger partial charge in [-0.1, -0.05) is 35.9 Å². The standard InChI is InChI=1S/C16H10OS/c1-9-6-7-10-12(8-9)15(17)14-11-4-2-3-5-13(11)18-16(10)14/h2-8H,1H3. The lowest BCUT2D eigenvalue weighted by Gasteiger charge is -1.99. The molecule has 86 valence electrons. The van der Waals surface area contributed by atoms with Gasteiger partial charge in [0.15, 0.2) is 5.78 Å². The van der Waals surface area contributed by atoms with Crippen LogP contribution in [0.5, 0.6) is 0 Å². The van der Waals surface area contributed by atoms with Crippen LogP contribution < -0.4 is 0 Å². The fraction of sp³-hybridized carbons (Fsp3) is 0.0625. The molecule has 0 spiro atoms. The third-order valence-electron chi connectivity index (χ3n) is 3.49. The molecule has 2 aromatic carbocycles. The number of hydrogen-bond acceptors (Lipinski definition) is 2. The Morgan fingerprint density at radius 2 is 1.83 bits per heavy atom. The van der Waals surface area contributed by atoms with Crippen molar-refractivity contribution in [1.29, 1.82) is 0 Å². The van der Waals surface area contributed by atoms with Gasteiger partial charge in [-0.15, -0.1) is 11.3 Å². The molecule has 1 nitrogen and oxygen atoms in total. The molecule has 0 saturated carbocycles. The number of rotatable bonds is 0. The van der Waals surface area contributed by atoms with E-state index in [-0.39, 0.29) is 5.78 Å². The molecule has 0 amide bonds. The van der Waals surface area contributed by atoms with Crippen LogP contribution >= 0.6 is 11.3 Å². The fourth-order valence-electron chi connectivity index (χ4n) is 2.64. The summed E-state index contributed by atoms with van der Waals surface area (Å²) in [5.74, 6) is 0.182. The lowest BCUT2D eigenvalue weighted by molar-refractivity contribution is 0.104. The van der Waals surface area contributed by atoms with E-state index in [0.29, 0.717) is 0 Å². The van der Waals surface area contributed by atoms with Gasteiger partial charge in [0.05, 0.1) is 0 Å². The van der Waals surface area contributed by atoms with E-state index < -0.39 is 0 Å². The molecule has 0 saturated heterocycles. The fourth-order valence-corrected chi connectivity index (χ4v) is 3.88. The lowest BCUT2D eigenvalue weighted by Crippen LogP contribution is -1.95. The van der Waals surface area contributed by atoms with E-state index in [1.54, 1.807) is 11.3 Å². The van der Waals surface area contributed by atoms with Crippen LogP contribution in [0.15, 0.2) is 42.5 Å². The molecule has 18 heavy (non-hydrogen) atoms. The zero-order valence-electron chi connectivity index (χ0n) is 9.86. The second kappa shape index (κ2) is 3.30. The number of carbonyl (C=O) groups excluding carboxylic acids is 1. The van der Waals surface area contributed by atoms with Gasteiger partial charge in [0, 0.05) is 31.7 Å². The maximum absolute atomic E-state index is 12.5. The van der Waals surface area contributed by atoms with Crippen LogP contribution in [0.2, 0.25) is 0 Å². The maximum Gasteiger partial charge on any atom is 0.195 e. The van der Waals surface area contributed by atoms with Gasteiger partial charge in [0.1, 0.15) is 0 Å². The summed E-state index contributed by atoms with van der Waals surface area (Å²) in [5.41, 5.74) is 4.00. The van der Waals surface area contributed by atoms with Crippen LogP contribution in [0.4, 0.5) is 0 Å². The summed E-state index contributed by atoms with van der Waals surface area (Å²) in [6.07, 6.45) is 0. The highest BCUT2D eigenvalue weighted by Crippen LogP contribution is 2.46. The molecule has 4 rings (SSSR count). The quantitative estimate of drug-likeness (QED) is 0.451. The Bertz CT molecular complexity index is 811. The van der Waals surface area contributed by atoms with E-state index in [4.69, 9.17) is 0 Å². The van der Waals surface area contributed by atoms with Crippen molar-refractivity contribution in [1.82, 2.24) is 0 Å². The van der Waals surface area contributed by atoms with Crippen molar-refractivity contribution in [3.05, 3.63) is 59.2 Å². The molecular formula is C16H10OS. The lowest BCUT2D eigenvalue weighted by atomic mass is 10.1. The Morgan fingerprint density at radius 1 is 1.00 bits per heavy atom. The molecule has 1 aromatic heterocycles. The molecule has 0 radical (unpaired) electrons. The number of hydrogen-bond donors (Lipinski definition) is 0. The highest BCUT2D eigenvalue weighted by molar-refractivity contribution is 7.23. The van der Waals surface area contributed by atoms with E-state index in [1.807, 2.05) is 31.2 Å². The van der Waals surface area contributed by atoms with Gasteiger partial charge in [-0.3, -0.25) is 4.79 Å². The number of aryl methyl sites for hydroxylation is 1. The molecule has 0 fully saturated rings. The summed E-state index contributed by atoms with van der Waals surface area (Å²) in [6, 6.07) is 14.3. The molecule has 0 bridgehead atoms. The molecule has 0 atom stereocenters. The zero-order chi connectivity index (χ0) is 12.3. The minimum absolute atomic E-state index is 0.182. The van der Waals surface area contributed by atoms with Gasteiger partial charge in [-0.2, -0.15) is 0 Å². The summed E-state index contributed by atoms with van der Waals surface area (Å²) < 4.78 is 1.20. The normalized spacial score (nSPS) is 12.8. The van der Waals surface area contributed by atoms with Gasteiger partial charge in [0.25, 0.3) is 0 Å². The average molecular weight is 250 g/mol. The number of carbonyl (C=O) groups is 1. The third-order valence-corrected chi connectivity index (χ3v) is 4.69. The molecule has 0 N–H and O–H groups in total. The molecule has 2 heteroatoms. The SMILES string of the molecule is Cc1ccc2c(c1)C(=O)c1c-2sc2ccccc12. The Kier molecular flexibility index (Phi) is 1.84. The molecule has 1 aliphatic carbocycles. The smallest absolute Gasteiger partial charge is 0.195 e. The minimum Gasteiger partial charge on any atom is -0.289 e. The van der Waals surface area contributed by atoms with Crippen LogP contribution in [-0.4, -0.2) is 5.78 Å². The van der Waals surface area contributed by atoms with Crippen LogP contribution in [0.25, 0.3) is 20.5 Å². The first kappa shape index (κ1) is 10.0. The van der Waals surface area contributed by atoms with Crippen LogP contribution in [0, 0.1) is 6.92 Å². The van der Waals surface area contributed by atoms with Crippen molar-refractivity contribution in [3.63, 3.8) is 0 Å². The molecule has 3 aromatic rings. The van der Waals surface area contributed by atoms with Crippen molar-refractivity contribution < 1.29 is 4.79 Å². The Hall–Kier alpha value is -1.93. The Morgan fingerprint density at radius 3 is 2.72 bits per heavy atom. The summed E-state index contributed by atoms with van der Waals surface area (Å²) in [5, 5.41) is 1.09. The highest BCUT2D eigenvalue weighted by atomic mass is 32.1. The highest BCUT2D eigenvalue weighted by Gasteiger charge is 2.30. The summed E-state index contributed by atoms with van der Waals surface area (Å²) >= 11 is 1.72. The van der Waals surface area contributed by atoms with Crippen molar-refractivity contribution in [2.75, 3.05) is 0 Å². The molecule has 1 heterocycles. The maximum atomic E-state index is 12.5. The second-order valence-electron chi connectivity index (χ2n) is 4.68. The second-order valence-corrected chi connectivity index (χ2v) is 5.73. The molecule has 1 aliphatic rings. The van der Waals surface area contributed by atoms with E-state index in [9.17, 15) is 4.79 Å². The summed E-state index contributed by atoms with van der Waals surface area (Å²) in [4.78, 5) is 13.7. The average Bonchev–Trinajstić information content (AvgIpc) is 2.87. The summed E-state index contributed by atoms with van der Waals surface area (Å²) in [7, 11) is 0. The van der Waals surface area contributed by atoms with Crippen molar-refractivity contribution in [2.45, 2.75) is 6.92 Å². The van der Waals surface area contributed by atoms with Crippen molar-refractivity contribution in [2.24, 2.45) is 0 Å². The van der Waals surface area contributed by atoms with Gasteiger partial charge < -0.3 is 0 Å². The van der Waals surface area contributed by atoms with Crippen LogP contribution in [0.1, 0.15) is 21.5 Å². The van der Waals surface area contributed by atoms with Crippen molar-refractivity contribution >= 4 is 27.2 Å². The van der Waals surface area contributed by atoms with Crippen LogP contribution in [-0.2, 0) is 0 Å². The first-order chi connectivity index (χ1) is 8.75. The van der Waals surface area contributed by atoms with Gasteiger partial charge in [-0.25, -0.2) is 0 Å². The van der Waals surface area contributed by atoms with Gasteiger partial charge in [-0.05, 0) is 19.1 Å².